The van der Waals surface area contributed by atoms with Crippen molar-refractivity contribution in [3.63, 3.8) is 0 Å². The number of anilines is 3. The van der Waals surface area contributed by atoms with Gasteiger partial charge in [0.25, 0.3) is 0 Å². The van der Waals surface area contributed by atoms with Crippen molar-refractivity contribution in [1.29, 1.82) is 0 Å². The van der Waals surface area contributed by atoms with Crippen molar-refractivity contribution in [1.82, 2.24) is 14.9 Å². The summed E-state index contributed by atoms with van der Waals surface area (Å²) in [6.07, 6.45) is 4.12. The van der Waals surface area contributed by atoms with Crippen molar-refractivity contribution in [2.45, 2.75) is 38.8 Å². The smallest absolute Gasteiger partial charge is 0.227 e. The number of hydrogen-bond acceptors (Lipinski definition) is 6. The molecule has 1 aliphatic heterocycles. The number of fused-ring (bicyclic) bond motifs is 1. The molecular formula is C22H27N5O. The number of ether oxygens (including phenoxy) is 1. The fourth-order valence-electron chi connectivity index (χ4n) is 3.62. The zero-order chi connectivity index (χ0) is 19.5. The normalized spacial score (nSPS) is 15.8. The maximum Gasteiger partial charge on any atom is 0.227 e. The van der Waals surface area contributed by atoms with Gasteiger partial charge in [-0.2, -0.15) is 0 Å². The molecule has 3 N–H and O–H groups in total. The number of piperidine rings is 1. The second-order valence-corrected chi connectivity index (χ2v) is 7.58. The Morgan fingerprint density at radius 3 is 2.68 bits per heavy atom. The molecule has 2 heterocycles. The van der Waals surface area contributed by atoms with Crippen LogP contribution in [0.5, 0.6) is 5.75 Å². The third-order valence-electron chi connectivity index (χ3n) is 5.22. The molecule has 0 radical (unpaired) electrons. The minimum atomic E-state index is 0.223. The Bertz CT molecular complexity index is 951. The Balaban J connectivity index is 1.54. The Labute approximate surface area is 165 Å². The number of benzene rings is 2. The van der Waals surface area contributed by atoms with Crippen LogP contribution in [0, 0.1) is 0 Å². The van der Waals surface area contributed by atoms with Crippen LogP contribution < -0.4 is 15.8 Å². The molecule has 0 saturated carbocycles. The van der Waals surface area contributed by atoms with Gasteiger partial charge < -0.3 is 20.7 Å². The van der Waals surface area contributed by atoms with E-state index in [1.165, 1.54) is 0 Å². The summed E-state index contributed by atoms with van der Waals surface area (Å²) in [5, 5.41) is 4.19. The first-order valence-electron chi connectivity index (χ1n) is 9.87. The zero-order valence-corrected chi connectivity index (χ0v) is 16.4. The third kappa shape index (κ3) is 4.17. The van der Waals surface area contributed by atoms with Crippen molar-refractivity contribution in [2.24, 2.45) is 0 Å². The molecule has 146 valence electrons. The van der Waals surface area contributed by atoms with Crippen LogP contribution in [-0.4, -0.2) is 40.1 Å². The summed E-state index contributed by atoms with van der Waals surface area (Å²) >= 11 is 0. The number of nitrogens with one attached hydrogen (secondary N) is 1. The number of nitrogen functional groups attached to an aromatic ring is 1. The Morgan fingerprint density at radius 1 is 1.14 bits per heavy atom. The number of nitrogens with two attached hydrogens (primary N) is 1. The molecule has 1 saturated heterocycles. The molecule has 0 atom stereocenters. The van der Waals surface area contributed by atoms with E-state index in [0.29, 0.717) is 17.7 Å². The molecule has 0 amide bonds. The molecule has 1 aromatic heterocycles. The van der Waals surface area contributed by atoms with E-state index in [9.17, 15) is 0 Å². The van der Waals surface area contributed by atoms with Gasteiger partial charge in [-0.15, -0.1) is 0 Å². The Morgan fingerprint density at radius 2 is 1.93 bits per heavy atom. The maximum absolute atomic E-state index is 6.36. The molecule has 0 aliphatic carbocycles. The lowest BCUT2D eigenvalue weighted by Gasteiger charge is -2.34. The van der Waals surface area contributed by atoms with Crippen molar-refractivity contribution in [3.8, 4) is 5.75 Å². The van der Waals surface area contributed by atoms with Crippen LogP contribution in [0.1, 0.15) is 26.7 Å². The first-order chi connectivity index (χ1) is 13.6. The lowest BCUT2D eigenvalue weighted by molar-refractivity contribution is 0.0852. The van der Waals surface area contributed by atoms with Gasteiger partial charge in [0.15, 0.2) is 0 Å². The summed E-state index contributed by atoms with van der Waals surface area (Å²) in [7, 11) is 0. The van der Waals surface area contributed by atoms with Crippen LogP contribution in [0.25, 0.3) is 10.9 Å². The predicted octanol–water partition coefficient (Wildman–Crippen LogP) is 4.21. The van der Waals surface area contributed by atoms with E-state index in [2.05, 4.69) is 29.0 Å². The Hall–Kier alpha value is -2.86. The lowest BCUT2D eigenvalue weighted by Crippen LogP contribution is -2.41. The number of likely N-dealkylation sites (tertiary alicyclic amines) is 1. The van der Waals surface area contributed by atoms with E-state index < -0.39 is 0 Å². The summed E-state index contributed by atoms with van der Waals surface area (Å²) in [4.78, 5) is 11.6. The fourth-order valence-corrected chi connectivity index (χ4v) is 3.62. The molecule has 3 aromatic rings. The average Bonchev–Trinajstić information content (AvgIpc) is 2.69. The minimum Gasteiger partial charge on any atom is -0.488 e. The number of rotatable bonds is 5. The molecule has 4 rings (SSSR count). The highest BCUT2D eigenvalue weighted by Gasteiger charge is 2.22. The number of nitrogens with zero attached hydrogens (tertiary/aromatic N) is 3. The molecule has 6 nitrogen and oxygen atoms in total. The van der Waals surface area contributed by atoms with Crippen LogP contribution in [0.3, 0.4) is 0 Å². The van der Waals surface area contributed by atoms with Crippen molar-refractivity contribution >= 4 is 28.2 Å². The fraction of sp³-hybridized carbons (Fsp3) is 0.364. The van der Waals surface area contributed by atoms with Gasteiger partial charge in [0.2, 0.25) is 5.95 Å². The highest BCUT2D eigenvalue weighted by atomic mass is 16.5. The molecule has 0 unspecified atom stereocenters. The molecule has 0 bridgehead atoms. The molecular weight excluding hydrogens is 350 g/mol. The van der Waals surface area contributed by atoms with Gasteiger partial charge in [0.05, 0.1) is 0 Å². The number of para-hydroxylation sites is 1. The standard InChI is InChI=1S/C22H27N5O/c1-15(2)27-11-9-19(10-12-27)28-20-8-3-5-16-14-24-22(26-21(16)20)25-18-7-4-6-17(23)13-18/h3-8,13-15,19H,9-12,23H2,1-2H3,(H,24,25,26). The molecule has 1 aliphatic rings. The predicted molar refractivity (Wildman–Crippen MR) is 114 cm³/mol. The largest absolute Gasteiger partial charge is 0.488 e. The van der Waals surface area contributed by atoms with E-state index >= 15 is 0 Å². The van der Waals surface area contributed by atoms with Gasteiger partial charge >= 0.3 is 0 Å². The summed E-state index contributed by atoms with van der Waals surface area (Å²) in [5.74, 6) is 1.35. The quantitative estimate of drug-likeness (QED) is 0.649. The maximum atomic E-state index is 6.36. The van der Waals surface area contributed by atoms with Gasteiger partial charge in [-0.05, 0) is 51.0 Å². The first kappa shape index (κ1) is 18.5. The topological polar surface area (TPSA) is 76.3 Å². The summed E-state index contributed by atoms with van der Waals surface area (Å²) in [6, 6.07) is 14.1. The summed E-state index contributed by atoms with van der Waals surface area (Å²) < 4.78 is 6.36. The van der Waals surface area contributed by atoms with Gasteiger partial charge in [-0.1, -0.05) is 18.2 Å². The zero-order valence-electron chi connectivity index (χ0n) is 16.4. The molecule has 28 heavy (non-hydrogen) atoms. The summed E-state index contributed by atoms with van der Waals surface area (Å²) in [5.41, 5.74) is 8.24. The van der Waals surface area contributed by atoms with E-state index in [-0.39, 0.29) is 6.10 Å². The van der Waals surface area contributed by atoms with Crippen LogP contribution in [0.2, 0.25) is 0 Å². The molecule has 0 spiro atoms. The van der Waals surface area contributed by atoms with Crippen molar-refractivity contribution in [2.75, 3.05) is 24.1 Å². The first-order valence-corrected chi connectivity index (χ1v) is 9.87. The van der Waals surface area contributed by atoms with E-state index in [1.807, 2.05) is 48.7 Å². The van der Waals surface area contributed by atoms with Gasteiger partial charge in [0.1, 0.15) is 17.4 Å². The second kappa shape index (κ2) is 8.02. The number of hydrogen-bond donors (Lipinski definition) is 2. The number of aromatic nitrogens is 2. The van der Waals surface area contributed by atoms with Crippen molar-refractivity contribution in [3.05, 3.63) is 48.7 Å². The highest BCUT2D eigenvalue weighted by molar-refractivity contribution is 5.85. The van der Waals surface area contributed by atoms with Crippen molar-refractivity contribution < 1.29 is 4.74 Å². The molecule has 2 aromatic carbocycles. The minimum absolute atomic E-state index is 0.223. The van der Waals surface area contributed by atoms with Crippen LogP contribution in [0.15, 0.2) is 48.7 Å². The van der Waals surface area contributed by atoms with Crippen LogP contribution in [0.4, 0.5) is 17.3 Å². The Kier molecular flexibility index (Phi) is 5.30. The second-order valence-electron chi connectivity index (χ2n) is 7.58. The molecule has 1 fully saturated rings. The highest BCUT2D eigenvalue weighted by Crippen LogP contribution is 2.28. The summed E-state index contributed by atoms with van der Waals surface area (Å²) in [6.45, 7) is 6.64. The van der Waals surface area contributed by atoms with Gasteiger partial charge in [0, 0.05) is 42.1 Å². The van der Waals surface area contributed by atoms with Gasteiger partial charge in [-0.25, -0.2) is 9.97 Å². The van der Waals surface area contributed by atoms with Crippen LogP contribution in [-0.2, 0) is 0 Å². The van der Waals surface area contributed by atoms with Crippen LogP contribution >= 0.6 is 0 Å². The molecule has 6 heteroatoms. The van der Waals surface area contributed by atoms with E-state index in [0.717, 1.165) is 48.3 Å². The average molecular weight is 377 g/mol. The van der Waals surface area contributed by atoms with Gasteiger partial charge in [-0.3, -0.25) is 0 Å². The van der Waals surface area contributed by atoms with E-state index in [1.54, 1.807) is 0 Å². The SMILES string of the molecule is CC(C)N1CCC(Oc2cccc3cnc(Nc4cccc(N)c4)nc23)CC1. The van der Waals surface area contributed by atoms with E-state index in [4.69, 9.17) is 15.5 Å². The monoisotopic (exact) mass is 377 g/mol. The lowest BCUT2D eigenvalue weighted by atomic mass is 10.1. The third-order valence-corrected chi connectivity index (χ3v) is 5.22.